The summed E-state index contributed by atoms with van der Waals surface area (Å²) in [6, 6.07) is 4.99. The second-order valence-corrected chi connectivity index (χ2v) is 5.07. The molecule has 0 amide bonds. The van der Waals surface area contributed by atoms with Crippen LogP contribution in [-0.2, 0) is 11.3 Å². The van der Waals surface area contributed by atoms with Crippen LogP contribution in [-0.4, -0.2) is 62.8 Å². The summed E-state index contributed by atoms with van der Waals surface area (Å²) in [5.74, 6) is 0.413. The maximum atomic E-state index is 9.89. The maximum absolute atomic E-state index is 9.89. The van der Waals surface area contributed by atoms with Crippen LogP contribution in [0.5, 0.6) is 5.75 Å². The van der Waals surface area contributed by atoms with Gasteiger partial charge in [0.15, 0.2) is 0 Å². The van der Waals surface area contributed by atoms with Crippen molar-refractivity contribution in [1.82, 2.24) is 0 Å². The van der Waals surface area contributed by atoms with Gasteiger partial charge in [0.25, 0.3) is 0 Å². The van der Waals surface area contributed by atoms with Gasteiger partial charge in [-0.1, -0.05) is 12.1 Å². The summed E-state index contributed by atoms with van der Waals surface area (Å²) in [5, 5.41) is 47.4. The molecule has 0 bridgehead atoms. The van der Waals surface area contributed by atoms with E-state index in [1.807, 2.05) is 0 Å². The van der Waals surface area contributed by atoms with Crippen molar-refractivity contribution in [2.45, 2.75) is 44.2 Å². The molecule has 0 saturated carbocycles. The minimum Gasteiger partial charge on any atom is -0.462 e. The van der Waals surface area contributed by atoms with Crippen molar-refractivity contribution in [2.75, 3.05) is 6.61 Å². The summed E-state index contributed by atoms with van der Waals surface area (Å²) >= 11 is 0. The zero-order valence-electron chi connectivity index (χ0n) is 11.6. The Morgan fingerprint density at radius 1 is 1.10 bits per heavy atom. The molecule has 1 fully saturated rings. The van der Waals surface area contributed by atoms with Crippen LogP contribution in [0.2, 0.25) is 0 Å². The second kappa shape index (κ2) is 6.69. The normalized spacial score (nSPS) is 33.0. The number of aliphatic hydroxyl groups is 5. The van der Waals surface area contributed by atoms with Crippen LogP contribution in [0, 0.1) is 6.92 Å². The van der Waals surface area contributed by atoms with Crippen LogP contribution in [0.4, 0.5) is 0 Å². The molecule has 7 nitrogen and oxygen atoms in total. The third kappa shape index (κ3) is 3.34. The van der Waals surface area contributed by atoms with Crippen LogP contribution < -0.4 is 4.74 Å². The molecule has 5 unspecified atom stereocenters. The fourth-order valence-electron chi connectivity index (χ4n) is 2.23. The highest BCUT2D eigenvalue weighted by atomic mass is 16.7. The smallest absolute Gasteiger partial charge is 0.229 e. The molecule has 2 rings (SSSR count). The van der Waals surface area contributed by atoms with E-state index in [1.54, 1.807) is 25.1 Å². The van der Waals surface area contributed by atoms with Crippen molar-refractivity contribution in [3.05, 3.63) is 29.3 Å². The fraction of sp³-hybridized carbons (Fsp3) is 0.571. The van der Waals surface area contributed by atoms with E-state index in [9.17, 15) is 15.3 Å². The minimum absolute atomic E-state index is 0.0961. The van der Waals surface area contributed by atoms with Gasteiger partial charge in [0, 0.05) is 0 Å². The summed E-state index contributed by atoms with van der Waals surface area (Å²) in [6.07, 6.45) is -6.55. The molecule has 1 aromatic rings. The van der Waals surface area contributed by atoms with Crippen molar-refractivity contribution < 1.29 is 35.0 Å². The molecule has 1 aromatic carbocycles. The number of hydrogen-bond donors (Lipinski definition) is 5. The predicted octanol–water partition coefficient (Wildman–Crippen LogP) is -1.33. The first-order chi connectivity index (χ1) is 9.97. The zero-order valence-corrected chi connectivity index (χ0v) is 11.6. The molecule has 118 valence electrons. The first-order valence-electron chi connectivity index (χ1n) is 6.65. The SMILES string of the molecule is Cc1cc(CO)ccc1OC1OC(CO)C(O)C(O)C1O. The first kappa shape index (κ1) is 16.2. The van der Waals surface area contributed by atoms with Gasteiger partial charge in [-0.2, -0.15) is 0 Å². The van der Waals surface area contributed by atoms with Gasteiger partial charge in [0.05, 0.1) is 13.2 Å². The van der Waals surface area contributed by atoms with Crippen molar-refractivity contribution in [2.24, 2.45) is 0 Å². The monoisotopic (exact) mass is 300 g/mol. The van der Waals surface area contributed by atoms with Gasteiger partial charge in [0.2, 0.25) is 6.29 Å². The summed E-state index contributed by atoms with van der Waals surface area (Å²) < 4.78 is 10.8. The molecular formula is C14H20O7. The quantitative estimate of drug-likeness (QED) is 0.467. The Morgan fingerprint density at radius 3 is 2.38 bits per heavy atom. The summed E-state index contributed by atoms with van der Waals surface area (Å²) in [5.41, 5.74) is 1.44. The Bertz CT molecular complexity index is 476. The predicted molar refractivity (Wildman–Crippen MR) is 71.5 cm³/mol. The molecule has 0 aromatic heterocycles. The van der Waals surface area contributed by atoms with Gasteiger partial charge >= 0.3 is 0 Å². The van der Waals surface area contributed by atoms with Crippen molar-refractivity contribution in [3.8, 4) is 5.75 Å². The van der Waals surface area contributed by atoms with E-state index in [1.165, 1.54) is 0 Å². The Labute approximate surface area is 122 Å². The van der Waals surface area contributed by atoms with Crippen LogP contribution >= 0.6 is 0 Å². The number of rotatable bonds is 4. The fourth-order valence-corrected chi connectivity index (χ4v) is 2.23. The van der Waals surface area contributed by atoms with Crippen LogP contribution in [0.3, 0.4) is 0 Å². The molecule has 5 N–H and O–H groups in total. The van der Waals surface area contributed by atoms with E-state index >= 15 is 0 Å². The molecule has 21 heavy (non-hydrogen) atoms. The van der Waals surface area contributed by atoms with Gasteiger partial charge in [-0.3, -0.25) is 0 Å². The largest absolute Gasteiger partial charge is 0.462 e. The Kier molecular flexibility index (Phi) is 5.15. The van der Waals surface area contributed by atoms with Crippen molar-refractivity contribution in [1.29, 1.82) is 0 Å². The third-order valence-electron chi connectivity index (χ3n) is 3.51. The minimum atomic E-state index is -1.47. The molecule has 7 heteroatoms. The van der Waals surface area contributed by atoms with E-state index in [2.05, 4.69) is 0 Å². The molecule has 1 heterocycles. The van der Waals surface area contributed by atoms with Gasteiger partial charge in [0.1, 0.15) is 30.2 Å². The molecule has 1 saturated heterocycles. The Hall–Kier alpha value is -1.22. The number of hydrogen-bond acceptors (Lipinski definition) is 7. The van der Waals surface area contributed by atoms with E-state index < -0.39 is 37.3 Å². The standard InChI is InChI=1S/C14H20O7/c1-7-4-8(5-15)2-3-9(7)20-14-13(19)12(18)11(17)10(6-16)21-14/h2-4,10-19H,5-6H2,1H3. The zero-order chi connectivity index (χ0) is 15.6. The first-order valence-corrected chi connectivity index (χ1v) is 6.65. The van der Waals surface area contributed by atoms with Crippen LogP contribution in [0.15, 0.2) is 18.2 Å². The average molecular weight is 300 g/mol. The van der Waals surface area contributed by atoms with Gasteiger partial charge in [-0.25, -0.2) is 0 Å². The lowest BCUT2D eigenvalue weighted by Gasteiger charge is -2.39. The van der Waals surface area contributed by atoms with E-state index in [0.717, 1.165) is 5.56 Å². The highest BCUT2D eigenvalue weighted by Crippen LogP contribution is 2.26. The number of benzene rings is 1. The number of aliphatic hydroxyl groups excluding tert-OH is 5. The van der Waals surface area contributed by atoms with Crippen molar-refractivity contribution in [3.63, 3.8) is 0 Å². The third-order valence-corrected chi connectivity index (χ3v) is 3.51. The van der Waals surface area contributed by atoms with Gasteiger partial charge < -0.3 is 35.0 Å². The summed E-state index contributed by atoms with van der Waals surface area (Å²) in [6.45, 7) is 1.16. The molecule has 1 aliphatic heterocycles. The molecule has 0 spiro atoms. The van der Waals surface area contributed by atoms with E-state index in [4.69, 9.17) is 19.7 Å². The van der Waals surface area contributed by atoms with E-state index in [0.29, 0.717) is 11.3 Å². The lowest BCUT2D eigenvalue weighted by Crippen LogP contribution is -2.60. The molecule has 0 radical (unpaired) electrons. The summed E-state index contributed by atoms with van der Waals surface area (Å²) in [4.78, 5) is 0. The number of aryl methyl sites for hydroxylation is 1. The summed E-state index contributed by atoms with van der Waals surface area (Å²) in [7, 11) is 0. The van der Waals surface area contributed by atoms with E-state index in [-0.39, 0.29) is 6.61 Å². The van der Waals surface area contributed by atoms with Crippen LogP contribution in [0.25, 0.3) is 0 Å². The number of ether oxygens (including phenoxy) is 2. The highest BCUT2D eigenvalue weighted by molar-refractivity contribution is 5.36. The highest BCUT2D eigenvalue weighted by Gasteiger charge is 2.44. The molecule has 5 atom stereocenters. The van der Waals surface area contributed by atoms with Crippen LogP contribution in [0.1, 0.15) is 11.1 Å². The maximum Gasteiger partial charge on any atom is 0.229 e. The lowest BCUT2D eigenvalue weighted by atomic mass is 9.99. The average Bonchev–Trinajstić information content (AvgIpc) is 2.49. The molecule has 0 aliphatic carbocycles. The van der Waals surface area contributed by atoms with Crippen molar-refractivity contribution >= 4 is 0 Å². The Balaban J connectivity index is 2.14. The molecule has 1 aliphatic rings. The molecular weight excluding hydrogens is 280 g/mol. The van der Waals surface area contributed by atoms with Gasteiger partial charge in [-0.15, -0.1) is 0 Å². The lowest BCUT2D eigenvalue weighted by molar-refractivity contribution is -0.277. The second-order valence-electron chi connectivity index (χ2n) is 5.07. The van der Waals surface area contributed by atoms with Gasteiger partial charge in [-0.05, 0) is 24.1 Å². The Morgan fingerprint density at radius 2 is 1.81 bits per heavy atom. The topological polar surface area (TPSA) is 120 Å².